The second kappa shape index (κ2) is 6.79. The fourth-order valence-electron chi connectivity index (χ4n) is 1.89. The molecule has 0 radical (unpaired) electrons. The first-order valence-electron chi connectivity index (χ1n) is 6.41. The van der Waals surface area contributed by atoms with Gasteiger partial charge < -0.3 is 10.0 Å². The Morgan fingerprint density at radius 3 is 2.68 bits per heavy atom. The molecule has 0 saturated heterocycles. The van der Waals surface area contributed by atoms with Gasteiger partial charge in [-0.25, -0.2) is 0 Å². The van der Waals surface area contributed by atoms with Gasteiger partial charge in [-0.15, -0.1) is 0 Å². The molecule has 0 aliphatic heterocycles. The van der Waals surface area contributed by atoms with Crippen LogP contribution in [-0.2, 0) is 0 Å². The van der Waals surface area contributed by atoms with E-state index in [0.29, 0.717) is 31.0 Å². The lowest BCUT2D eigenvalue weighted by Gasteiger charge is -2.24. The van der Waals surface area contributed by atoms with Crippen LogP contribution in [0.4, 0.5) is 0 Å². The molecule has 0 heterocycles. The highest BCUT2D eigenvalue weighted by Gasteiger charge is 2.19. The Hall–Kier alpha value is -2.02. The Kier molecular flexibility index (Phi) is 5.37. The summed E-state index contributed by atoms with van der Waals surface area (Å²) in [7, 11) is 0. The SMILES string of the molecule is Cc1ccc(C(=O)N(CCC#N)CC(C)C)c(O)c1. The summed E-state index contributed by atoms with van der Waals surface area (Å²) in [4.78, 5) is 14.0. The van der Waals surface area contributed by atoms with E-state index in [9.17, 15) is 9.90 Å². The van der Waals surface area contributed by atoms with Gasteiger partial charge in [-0.05, 0) is 30.5 Å². The lowest BCUT2D eigenvalue weighted by Crippen LogP contribution is -2.35. The quantitative estimate of drug-likeness (QED) is 0.885. The first-order valence-corrected chi connectivity index (χ1v) is 6.41. The number of phenolic OH excluding ortho intramolecular Hbond substituents is 1. The van der Waals surface area contributed by atoms with Crippen LogP contribution in [0.15, 0.2) is 18.2 Å². The molecule has 4 heteroatoms. The van der Waals surface area contributed by atoms with Crippen molar-refractivity contribution in [2.75, 3.05) is 13.1 Å². The van der Waals surface area contributed by atoms with Gasteiger partial charge in [-0.3, -0.25) is 4.79 Å². The second-order valence-electron chi connectivity index (χ2n) is 5.07. The number of carbonyl (C=O) groups is 1. The molecule has 0 saturated carbocycles. The summed E-state index contributed by atoms with van der Waals surface area (Å²) in [5, 5.41) is 18.5. The lowest BCUT2D eigenvalue weighted by molar-refractivity contribution is 0.0737. The van der Waals surface area contributed by atoms with Crippen molar-refractivity contribution >= 4 is 5.91 Å². The Labute approximate surface area is 114 Å². The smallest absolute Gasteiger partial charge is 0.257 e. The Balaban J connectivity index is 2.94. The highest BCUT2D eigenvalue weighted by atomic mass is 16.3. The molecular weight excluding hydrogens is 240 g/mol. The van der Waals surface area contributed by atoms with Crippen molar-refractivity contribution < 1.29 is 9.90 Å². The van der Waals surface area contributed by atoms with Gasteiger partial charge in [0.25, 0.3) is 5.91 Å². The zero-order chi connectivity index (χ0) is 14.4. The standard InChI is InChI=1S/C15H20N2O2/c1-11(2)10-17(8-4-7-16)15(19)13-6-5-12(3)9-14(13)18/h5-6,9,11,18H,4,8,10H2,1-3H3. The maximum absolute atomic E-state index is 12.4. The van der Waals surface area contributed by atoms with Crippen LogP contribution >= 0.6 is 0 Å². The highest BCUT2D eigenvalue weighted by molar-refractivity contribution is 5.96. The van der Waals surface area contributed by atoms with Crippen LogP contribution < -0.4 is 0 Å². The number of aryl methyl sites for hydroxylation is 1. The van der Waals surface area contributed by atoms with Crippen molar-refractivity contribution in [3.05, 3.63) is 29.3 Å². The molecule has 0 atom stereocenters. The first kappa shape index (κ1) is 15.0. The van der Waals surface area contributed by atoms with Gasteiger partial charge in [-0.1, -0.05) is 19.9 Å². The first-order chi connectivity index (χ1) is 8.95. The molecule has 1 rings (SSSR count). The van der Waals surface area contributed by atoms with Gasteiger partial charge in [0.1, 0.15) is 5.75 Å². The van der Waals surface area contributed by atoms with Crippen LogP contribution in [0, 0.1) is 24.2 Å². The molecule has 0 spiro atoms. The van der Waals surface area contributed by atoms with E-state index in [0.717, 1.165) is 5.56 Å². The van der Waals surface area contributed by atoms with Crippen LogP contribution in [0.2, 0.25) is 0 Å². The van der Waals surface area contributed by atoms with Crippen molar-refractivity contribution in [1.82, 2.24) is 4.90 Å². The third-order valence-electron chi connectivity index (χ3n) is 2.75. The summed E-state index contributed by atoms with van der Waals surface area (Å²) in [6.07, 6.45) is 0.297. The zero-order valence-electron chi connectivity index (χ0n) is 11.7. The molecule has 0 fully saturated rings. The number of amides is 1. The summed E-state index contributed by atoms with van der Waals surface area (Å²) in [6, 6.07) is 7.05. The van der Waals surface area contributed by atoms with E-state index in [4.69, 9.17) is 5.26 Å². The van der Waals surface area contributed by atoms with E-state index in [1.807, 2.05) is 26.8 Å². The normalized spacial score (nSPS) is 10.3. The minimum absolute atomic E-state index is 0.00397. The molecule has 0 aromatic heterocycles. The number of benzene rings is 1. The number of rotatable bonds is 5. The number of hydrogen-bond acceptors (Lipinski definition) is 3. The molecule has 1 aromatic rings. The number of phenols is 1. The van der Waals surface area contributed by atoms with Gasteiger partial charge in [0.2, 0.25) is 0 Å². The van der Waals surface area contributed by atoms with Crippen LogP contribution in [0.3, 0.4) is 0 Å². The number of nitrogens with zero attached hydrogens (tertiary/aromatic N) is 2. The highest BCUT2D eigenvalue weighted by Crippen LogP contribution is 2.20. The molecule has 102 valence electrons. The summed E-state index contributed by atoms with van der Waals surface area (Å²) in [6.45, 7) is 6.85. The number of nitriles is 1. The van der Waals surface area contributed by atoms with Crippen LogP contribution in [0.5, 0.6) is 5.75 Å². The molecule has 1 aromatic carbocycles. The van der Waals surface area contributed by atoms with Crippen LogP contribution in [-0.4, -0.2) is 29.0 Å². The predicted molar refractivity (Wildman–Crippen MR) is 73.8 cm³/mol. The van der Waals surface area contributed by atoms with Gasteiger partial charge in [0, 0.05) is 13.1 Å². The third kappa shape index (κ3) is 4.29. The van der Waals surface area contributed by atoms with Crippen LogP contribution in [0.25, 0.3) is 0 Å². The second-order valence-corrected chi connectivity index (χ2v) is 5.07. The summed E-state index contributed by atoms with van der Waals surface area (Å²) in [5.41, 5.74) is 1.20. The molecular formula is C15H20N2O2. The molecule has 4 nitrogen and oxygen atoms in total. The molecule has 1 N–H and O–H groups in total. The maximum Gasteiger partial charge on any atom is 0.257 e. The van der Waals surface area contributed by atoms with Crippen molar-refractivity contribution in [3.63, 3.8) is 0 Å². The predicted octanol–water partition coefficient (Wildman–Crippen LogP) is 2.71. The fraction of sp³-hybridized carbons (Fsp3) is 0.467. The van der Waals surface area contributed by atoms with E-state index in [1.165, 1.54) is 0 Å². The van der Waals surface area contributed by atoms with Crippen molar-refractivity contribution in [1.29, 1.82) is 5.26 Å². The van der Waals surface area contributed by atoms with Gasteiger partial charge in [0.15, 0.2) is 0 Å². The van der Waals surface area contributed by atoms with E-state index in [2.05, 4.69) is 0 Å². The van der Waals surface area contributed by atoms with E-state index in [1.54, 1.807) is 23.1 Å². The van der Waals surface area contributed by atoms with Gasteiger partial charge in [0.05, 0.1) is 18.1 Å². The van der Waals surface area contributed by atoms with Crippen LogP contribution in [0.1, 0.15) is 36.2 Å². The van der Waals surface area contributed by atoms with Crippen molar-refractivity contribution in [3.8, 4) is 11.8 Å². The van der Waals surface area contributed by atoms with Gasteiger partial charge in [-0.2, -0.15) is 5.26 Å². The van der Waals surface area contributed by atoms with Crippen molar-refractivity contribution in [2.24, 2.45) is 5.92 Å². The number of hydrogen-bond donors (Lipinski definition) is 1. The van der Waals surface area contributed by atoms with E-state index >= 15 is 0 Å². The average molecular weight is 260 g/mol. The van der Waals surface area contributed by atoms with Gasteiger partial charge >= 0.3 is 0 Å². The zero-order valence-corrected chi connectivity index (χ0v) is 11.7. The summed E-state index contributed by atoms with van der Waals surface area (Å²) >= 11 is 0. The van der Waals surface area contributed by atoms with E-state index < -0.39 is 0 Å². The average Bonchev–Trinajstić information content (AvgIpc) is 2.33. The maximum atomic E-state index is 12.4. The minimum atomic E-state index is -0.221. The number of aromatic hydroxyl groups is 1. The van der Waals surface area contributed by atoms with E-state index in [-0.39, 0.29) is 11.7 Å². The van der Waals surface area contributed by atoms with Crippen molar-refractivity contribution in [2.45, 2.75) is 27.2 Å². The summed E-state index contributed by atoms with van der Waals surface area (Å²) in [5.74, 6) is 0.0902. The molecule has 0 unspecified atom stereocenters. The fourth-order valence-corrected chi connectivity index (χ4v) is 1.89. The molecule has 0 bridgehead atoms. The Morgan fingerprint density at radius 2 is 2.16 bits per heavy atom. The Bertz CT molecular complexity index is 489. The molecule has 1 amide bonds. The number of carbonyl (C=O) groups excluding carboxylic acids is 1. The molecule has 0 aliphatic carbocycles. The Morgan fingerprint density at radius 1 is 1.47 bits per heavy atom. The largest absolute Gasteiger partial charge is 0.507 e. The molecule has 19 heavy (non-hydrogen) atoms. The molecule has 0 aliphatic rings. The topological polar surface area (TPSA) is 64.3 Å². The monoisotopic (exact) mass is 260 g/mol. The lowest BCUT2D eigenvalue weighted by atomic mass is 10.1. The minimum Gasteiger partial charge on any atom is -0.507 e. The third-order valence-corrected chi connectivity index (χ3v) is 2.75. The summed E-state index contributed by atoms with van der Waals surface area (Å²) < 4.78 is 0.